The van der Waals surface area contributed by atoms with Crippen LogP contribution in [-0.4, -0.2) is 9.67 Å². The van der Waals surface area contributed by atoms with E-state index in [1.54, 1.807) is 0 Å². The van der Waals surface area contributed by atoms with Crippen LogP contribution in [0.3, 0.4) is 0 Å². The minimum absolute atomic E-state index is 0.275. The normalized spacial score (nSPS) is 11.7. The van der Waals surface area contributed by atoms with Gasteiger partial charge in [-0.2, -0.15) is 13.2 Å². The molecule has 1 heterocycles. The van der Waals surface area contributed by atoms with Gasteiger partial charge in [0.05, 0.1) is 21.8 Å². The van der Waals surface area contributed by atoms with Crippen molar-refractivity contribution in [1.29, 1.82) is 0 Å². The molecule has 1 aromatic heterocycles. The molecule has 0 atom stereocenters. The Balaban J connectivity index is 2.79. The molecule has 0 aliphatic heterocycles. The molecule has 0 fully saturated rings. The van der Waals surface area contributed by atoms with Gasteiger partial charge in [-0.3, -0.25) is 4.79 Å². The van der Waals surface area contributed by atoms with E-state index >= 15 is 0 Å². The molecular weight excluding hydrogens is 328 g/mol. The van der Waals surface area contributed by atoms with Gasteiger partial charge in [0.1, 0.15) is 11.5 Å². The molecule has 0 saturated carbocycles. The first-order valence-electron chi connectivity index (χ1n) is 5.79. The zero-order chi connectivity index (χ0) is 16.8. The van der Waals surface area contributed by atoms with Gasteiger partial charge in [-0.15, -0.1) is 0 Å². The van der Waals surface area contributed by atoms with Gasteiger partial charge in [-0.25, -0.2) is 4.39 Å². The van der Waals surface area contributed by atoms with Crippen LogP contribution in [0.4, 0.5) is 23.2 Å². The molecule has 22 heavy (non-hydrogen) atoms. The Kier molecular flexibility index (Phi) is 3.82. The molecule has 0 amide bonds. The van der Waals surface area contributed by atoms with Crippen LogP contribution in [0.5, 0.6) is 5.75 Å². The molecule has 0 aliphatic rings. The number of benzene rings is 1. The van der Waals surface area contributed by atoms with Gasteiger partial charge in [0.25, 0.3) is 5.56 Å². The van der Waals surface area contributed by atoms with Crippen LogP contribution in [0.15, 0.2) is 23.0 Å². The van der Waals surface area contributed by atoms with Gasteiger partial charge in [-0.05, 0) is 18.2 Å². The molecule has 2 aromatic rings. The van der Waals surface area contributed by atoms with Crippen LogP contribution < -0.4 is 11.3 Å². The molecule has 0 radical (unpaired) electrons. The maximum atomic E-state index is 14.0. The number of phenolic OH excluding ortho intramolecular Hbond substituents is 1. The fourth-order valence-corrected chi connectivity index (χ4v) is 2.17. The third-order valence-electron chi connectivity index (χ3n) is 3.11. The number of aromatic nitrogens is 1. The van der Waals surface area contributed by atoms with E-state index in [4.69, 9.17) is 17.3 Å². The Morgan fingerprint density at radius 2 is 1.91 bits per heavy atom. The highest BCUT2D eigenvalue weighted by Gasteiger charge is 2.34. The van der Waals surface area contributed by atoms with Crippen molar-refractivity contribution in [3.63, 3.8) is 0 Å². The van der Waals surface area contributed by atoms with Gasteiger partial charge < -0.3 is 15.4 Å². The summed E-state index contributed by atoms with van der Waals surface area (Å²) in [6, 6.07) is 2.15. The molecular formula is C13H9ClF4N2O2. The molecule has 0 aliphatic carbocycles. The van der Waals surface area contributed by atoms with Gasteiger partial charge >= 0.3 is 6.18 Å². The predicted octanol–water partition coefficient (Wildman–Crippen LogP) is 3.15. The fraction of sp³-hybridized carbons (Fsp3) is 0.154. The number of nitrogens with zero attached hydrogens (tertiary/aromatic N) is 1. The van der Waals surface area contributed by atoms with Gasteiger partial charge in [-0.1, -0.05) is 11.6 Å². The lowest BCUT2D eigenvalue weighted by Gasteiger charge is -2.14. The molecule has 0 saturated heterocycles. The number of aromatic hydroxyl groups is 1. The third kappa shape index (κ3) is 2.50. The quantitative estimate of drug-likeness (QED) is 0.477. The van der Waals surface area contributed by atoms with E-state index in [9.17, 15) is 27.5 Å². The summed E-state index contributed by atoms with van der Waals surface area (Å²) in [6.07, 6.45) is -4.74. The summed E-state index contributed by atoms with van der Waals surface area (Å²) in [5.74, 6) is -1.88. The highest BCUT2D eigenvalue weighted by molar-refractivity contribution is 6.33. The Hall–Kier alpha value is -2.22. The van der Waals surface area contributed by atoms with Crippen LogP contribution in [0.25, 0.3) is 11.1 Å². The Labute approximate surface area is 126 Å². The molecule has 0 unspecified atom stereocenters. The van der Waals surface area contributed by atoms with Crippen molar-refractivity contribution in [3.8, 4) is 16.9 Å². The number of alkyl halides is 3. The van der Waals surface area contributed by atoms with E-state index in [1.165, 1.54) is 0 Å². The topological polar surface area (TPSA) is 68.2 Å². The van der Waals surface area contributed by atoms with Crippen molar-refractivity contribution in [2.24, 2.45) is 7.05 Å². The van der Waals surface area contributed by atoms with Crippen molar-refractivity contribution in [2.45, 2.75) is 6.18 Å². The van der Waals surface area contributed by atoms with Crippen molar-refractivity contribution in [1.82, 2.24) is 4.57 Å². The molecule has 0 spiro atoms. The molecule has 4 nitrogen and oxygen atoms in total. The second kappa shape index (κ2) is 5.20. The van der Waals surface area contributed by atoms with Crippen molar-refractivity contribution < 1.29 is 22.7 Å². The molecule has 9 heteroatoms. The van der Waals surface area contributed by atoms with E-state index < -0.39 is 40.1 Å². The van der Waals surface area contributed by atoms with Crippen LogP contribution >= 0.6 is 11.6 Å². The smallest absolute Gasteiger partial charge is 0.431 e. The lowest BCUT2D eigenvalue weighted by Crippen LogP contribution is -2.26. The van der Waals surface area contributed by atoms with Crippen LogP contribution in [0.1, 0.15) is 5.69 Å². The van der Waals surface area contributed by atoms with Crippen LogP contribution in [0.2, 0.25) is 5.02 Å². The average molecular weight is 337 g/mol. The number of halogens is 5. The Morgan fingerprint density at radius 3 is 2.45 bits per heavy atom. The molecule has 0 bridgehead atoms. The van der Waals surface area contributed by atoms with Crippen molar-refractivity contribution in [2.75, 3.05) is 5.73 Å². The maximum Gasteiger partial charge on any atom is 0.431 e. The van der Waals surface area contributed by atoms with E-state index in [1.807, 2.05) is 0 Å². The predicted molar refractivity (Wildman–Crippen MR) is 73.2 cm³/mol. The minimum Gasteiger partial charge on any atom is -0.505 e. The number of hydrogen-bond donors (Lipinski definition) is 2. The first kappa shape index (κ1) is 16.2. The average Bonchev–Trinajstić information content (AvgIpc) is 2.39. The van der Waals surface area contributed by atoms with E-state index in [0.717, 1.165) is 19.2 Å². The number of nitrogens with two attached hydrogens (primary N) is 1. The summed E-state index contributed by atoms with van der Waals surface area (Å²) in [5.41, 5.74) is 1.66. The zero-order valence-corrected chi connectivity index (χ0v) is 11.8. The molecule has 3 N–H and O–H groups in total. The lowest BCUT2D eigenvalue weighted by molar-refractivity contribution is -0.143. The number of phenols is 1. The maximum absolute atomic E-state index is 14.0. The van der Waals surface area contributed by atoms with Gasteiger partial charge in [0.15, 0.2) is 5.75 Å². The van der Waals surface area contributed by atoms with Gasteiger partial charge in [0.2, 0.25) is 0 Å². The number of anilines is 1. The summed E-state index contributed by atoms with van der Waals surface area (Å²) in [5, 5.41) is 9.56. The summed E-state index contributed by atoms with van der Waals surface area (Å²) < 4.78 is 52.4. The standard InChI is InChI=1S/C13H9ClF4N2O2/c1-20-8(13(16,17)18)3-2-5(12(20)22)9-7(15)4-6(14)10(19)11(9)21/h2-4,21H,19H2,1H3. The fourth-order valence-electron chi connectivity index (χ4n) is 1.99. The highest BCUT2D eigenvalue weighted by atomic mass is 35.5. The van der Waals surface area contributed by atoms with Crippen LogP contribution in [0, 0.1) is 5.82 Å². The molecule has 1 aromatic carbocycles. The van der Waals surface area contributed by atoms with Gasteiger partial charge in [0, 0.05) is 7.05 Å². The number of pyridine rings is 1. The second-order valence-corrected chi connectivity index (χ2v) is 4.88. The summed E-state index contributed by atoms with van der Waals surface area (Å²) in [4.78, 5) is 12.0. The third-order valence-corrected chi connectivity index (χ3v) is 3.42. The van der Waals surface area contributed by atoms with E-state index in [0.29, 0.717) is 10.6 Å². The first-order valence-corrected chi connectivity index (χ1v) is 6.17. The van der Waals surface area contributed by atoms with Crippen molar-refractivity contribution in [3.05, 3.63) is 45.1 Å². The SMILES string of the molecule is Cn1c(C(F)(F)F)ccc(-c2c(F)cc(Cl)c(N)c2O)c1=O. The largest absolute Gasteiger partial charge is 0.505 e. The molecule has 118 valence electrons. The second-order valence-electron chi connectivity index (χ2n) is 4.47. The Bertz CT molecular complexity index is 815. The summed E-state index contributed by atoms with van der Waals surface area (Å²) in [7, 11) is 0.892. The number of rotatable bonds is 1. The monoisotopic (exact) mass is 336 g/mol. The number of hydrogen-bond acceptors (Lipinski definition) is 3. The van der Waals surface area contributed by atoms with Crippen LogP contribution in [-0.2, 0) is 13.2 Å². The summed E-state index contributed by atoms with van der Waals surface area (Å²) in [6.45, 7) is 0. The zero-order valence-electron chi connectivity index (χ0n) is 11.0. The Morgan fingerprint density at radius 1 is 1.32 bits per heavy atom. The van der Waals surface area contributed by atoms with Crippen molar-refractivity contribution >= 4 is 17.3 Å². The van der Waals surface area contributed by atoms with E-state index in [2.05, 4.69) is 0 Å². The summed E-state index contributed by atoms with van der Waals surface area (Å²) >= 11 is 5.58. The lowest BCUT2D eigenvalue weighted by atomic mass is 10.0. The first-order chi connectivity index (χ1) is 10.1. The van der Waals surface area contributed by atoms with E-state index in [-0.39, 0.29) is 10.7 Å². The highest BCUT2D eigenvalue weighted by Crippen LogP contribution is 2.39. The molecule has 2 rings (SSSR count). The minimum atomic E-state index is -4.74. The number of nitrogen functional groups attached to an aromatic ring is 1.